The third-order valence-corrected chi connectivity index (χ3v) is 3.29. The van der Waals surface area contributed by atoms with Crippen molar-refractivity contribution in [3.63, 3.8) is 0 Å². The number of hydrogen-bond donors (Lipinski definition) is 0. The van der Waals surface area contributed by atoms with Gasteiger partial charge in [0, 0.05) is 23.0 Å². The third-order valence-electron chi connectivity index (χ3n) is 3.04. The summed E-state index contributed by atoms with van der Waals surface area (Å²) in [5.41, 5.74) is 2.33. The summed E-state index contributed by atoms with van der Waals surface area (Å²) in [5, 5.41) is 3.22. The zero-order valence-corrected chi connectivity index (χ0v) is 10.6. The molecule has 0 aliphatic rings. The van der Waals surface area contributed by atoms with Crippen molar-refractivity contribution in [1.29, 1.82) is 0 Å². The fraction of sp³-hybridized carbons (Fsp3) is 0.0625. The van der Waals surface area contributed by atoms with Crippen LogP contribution in [0.5, 0.6) is 0 Å². The molecule has 0 saturated carbocycles. The van der Waals surface area contributed by atoms with Gasteiger partial charge in [0.15, 0.2) is 0 Å². The topological polar surface area (TPSA) is 12.9 Å². The Kier molecular flexibility index (Phi) is 2.99. The second-order valence-corrected chi connectivity index (χ2v) is 4.72. The summed E-state index contributed by atoms with van der Waals surface area (Å²) in [6.07, 6.45) is 2.70. The Morgan fingerprint density at radius 3 is 2.50 bits per heavy atom. The molecule has 0 saturated heterocycles. The van der Waals surface area contributed by atoms with Crippen LogP contribution >= 0.6 is 11.6 Å². The van der Waals surface area contributed by atoms with Gasteiger partial charge in [0.1, 0.15) is 0 Å². The van der Waals surface area contributed by atoms with Crippen molar-refractivity contribution in [2.45, 2.75) is 6.42 Å². The summed E-state index contributed by atoms with van der Waals surface area (Å²) in [5.74, 6) is 0. The van der Waals surface area contributed by atoms with Gasteiger partial charge in [-0.15, -0.1) is 0 Å². The van der Waals surface area contributed by atoms with E-state index in [9.17, 15) is 0 Å². The summed E-state index contributed by atoms with van der Waals surface area (Å²) in [6, 6.07) is 18.3. The number of fused-ring (bicyclic) bond motifs is 1. The van der Waals surface area contributed by atoms with Gasteiger partial charge >= 0.3 is 0 Å². The van der Waals surface area contributed by atoms with E-state index >= 15 is 0 Å². The highest BCUT2D eigenvalue weighted by atomic mass is 35.5. The first-order chi connectivity index (χ1) is 8.83. The van der Waals surface area contributed by atoms with Crippen LogP contribution in [-0.2, 0) is 6.42 Å². The Labute approximate surface area is 111 Å². The van der Waals surface area contributed by atoms with Crippen molar-refractivity contribution in [3.05, 3.63) is 77.1 Å². The number of rotatable bonds is 2. The molecule has 0 radical (unpaired) electrons. The third kappa shape index (κ3) is 2.22. The van der Waals surface area contributed by atoms with E-state index in [1.54, 1.807) is 0 Å². The van der Waals surface area contributed by atoms with Crippen LogP contribution in [-0.4, -0.2) is 4.98 Å². The van der Waals surface area contributed by atoms with E-state index in [4.69, 9.17) is 11.6 Å². The van der Waals surface area contributed by atoms with Crippen LogP contribution < -0.4 is 0 Å². The van der Waals surface area contributed by atoms with Crippen molar-refractivity contribution in [2.24, 2.45) is 0 Å². The first-order valence-corrected chi connectivity index (χ1v) is 6.28. The molecule has 0 N–H and O–H groups in total. The maximum Gasteiger partial charge on any atom is 0.0525 e. The summed E-state index contributed by atoms with van der Waals surface area (Å²) in [4.78, 5) is 4.49. The van der Waals surface area contributed by atoms with Gasteiger partial charge in [0.2, 0.25) is 0 Å². The van der Waals surface area contributed by atoms with E-state index in [2.05, 4.69) is 29.2 Å². The van der Waals surface area contributed by atoms with Gasteiger partial charge in [0.25, 0.3) is 0 Å². The van der Waals surface area contributed by atoms with E-state index in [-0.39, 0.29) is 0 Å². The monoisotopic (exact) mass is 253 g/mol. The molecular formula is C16H12ClN. The van der Waals surface area contributed by atoms with Crippen LogP contribution in [0, 0.1) is 0 Å². The zero-order valence-electron chi connectivity index (χ0n) is 9.81. The Hall–Kier alpha value is -1.86. The lowest BCUT2D eigenvalue weighted by Gasteiger charge is -2.05. The van der Waals surface area contributed by atoms with Gasteiger partial charge in [0.05, 0.1) is 5.69 Å². The summed E-state index contributed by atoms with van der Waals surface area (Å²) in [7, 11) is 0. The van der Waals surface area contributed by atoms with Crippen LogP contribution in [0.3, 0.4) is 0 Å². The molecule has 0 atom stereocenters. The van der Waals surface area contributed by atoms with Crippen LogP contribution in [0.15, 0.2) is 60.8 Å². The average Bonchev–Trinajstić information content (AvgIpc) is 2.42. The molecule has 88 valence electrons. The fourth-order valence-corrected chi connectivity index (χ4v) is 2.24. The van der Waals surface area contributed by atoms with Gasteiger partial charge in [-0.1, -0.05) is 48.0 Å². The Morgan fingerprint density at radius 1 is 0.889 bits per heavy atom. The molecule has 0 unspecified atom stereocenters. The zero-order chi connectivity index (χ0) is 12.4. The van der Waals surface area contributed by atoms with Crippen LogP contribution in [0.25, 0.3) is 10.8 Å². The Bertz CT molecular complexity index is 669. The van der Waals surface area contributed by atoms with E-state index in [1.807, 2.05) is 36.5 Å². The summed E-state index contributed by atoms with van der Waals surface area (Å²) < 4.78 is 0. The lowest BCUT2D eigenvalue weighted by Crippen LogP contribution is -1.93. The van der Waals surface area contributed by atoms with Crippen molar-refractivity contribution >= 4 is 22.4 Å². The van der Waals surface area contributed by atoms with E-state index in [0.717, 1.165) is 17.1 Å². The molecule has 2 heteroatoms. The normalized spacial score (nSPS) is 10.7. The summed E-state index contributed by atoms with van der Waals surface area (Å²) in [6.45, 7) is 0. The minimum atomic E-state index is 0.768. The summed E-state index contributed by atoms with van der Waals surface area (Å²) >= 11 is 5.89. The highest BCUT2D eigenvalue weighted by Crippen LogP contribution is 2.20. The molecular weight excluding hydrogens is 242 g/mol. The smallest absolute Gasteiger partial charge is 0.0525 e. The van der Waals surface area contributed by atoms with Crippen LogP contribution in [0.2, 0.25) is 5.02 Å². The number of halogens is 1. The Balaban J connectivity index is 2.02. The average molecular weight is 254 g/mol. The number of nitrogens with zero attached hydrogens (tertiary/aromatic N) is 1. The molecule has 0 aliphatic carbocycles. The van der Waals surface area contributed by atoms with E-state index < -0.39 is 0 Å². The highest BCUT2D eigenvalue weighted by Gasteiger charge is 2.03. The first kappa shape index (κ1) is 11.2. The molecule has 0 aliphatic heterocycles. The van der Waals surface area contributed by atoms with Gasteiger partial charge in [-0.2, -0.15) is 0 Å². The van der Waals surface area contributed by atoms with Gasteiger partial charge < -0.3 is 0 Å². The van der Waals surface area contributed by atoms with Crippen molar-refractivity contribution in [1.82, 2.24) is 4.98 Å². The van der Waals surface area contributed by atoms with E-state index in [0.29, 0.717) is 0 Å². The lowest BCUT2D eigenvalue weighted by molar-refractivity contribution is 1.10. The largest absolute Gasteiger partial charge is 0.260 e. The minimum absolute atomic E-state index is 0.768. The fourth-order valence-electron chi connectivity index (χ4n) is 2.12. The number of aromatic nitrogens is 1. The van der Waals surface area contributed by atoms with E-state index in [1.165, 1.54) is 16.3 Å². The molecule has 0 bridgehead atoms. The van der Waals surface area contributed by atoms with Crippen molar-refractivity contribution < 1.29 is 0 Å². The molecule has 0 amide bonds. The second kappa shape index (κ2) is 4.79. The molecule has 3 rings (SSSR count). The lowest BCUT2D eigenvalue weighted by atomic mass is 10.0. The first-order valence-electron chi connectivity index (χ1n) is 5.90. The minimum Gasteiger partial charge on any atom is -0.260 e. The molecule has 1 aromatic heterocycles. The standard InChI is InChI=1S/C16H12ClN/c17-14-7-5-12(6-8-14)11-16-15-4-2-1-3-13(15)9-10-18-16/h1-10H,11H2. The molecule has 1 nitrogen and oxygen atoms in total. The molecule has 3 aromatic rings. The maximum atomic E-state index is 5.89. The second-order valence-electron chi connectivity index (χ2n) is 4.28. The molecule has 2 aromatic carbocycles. The van der Waals surface area contributed by atoms with Crippen LogP contribution in [0.4, 0.5) is 0 Å². The maximum absolute atomic E-state index is 5.89. The Morgan fingerprint density at radius 2 is 1.67 bits per heavy atom. The highest BCUT2D eigenvalue weighted by molar-refractivity contribution is 6.30. The van der Waals surface area contributed by atoms with Gasteiger partial charge in [-0.05, 0) is 29.1 Å². The van der Waals surface area contributed by atoms with Crippen molar-refractivity contribution in [2.75, 3.05) is 0 Å². The number of benzene rings is 2. The molecule has 0 spiro atoms. The van der Waals surface area contributed by atoms with Gasteiger partial charge in [-0.3, -0.25) is 4.98 Å². The van der Waals surface area contributed by atoms with Crippen molar-refractivity contribution in [3.8, 4) is 0 Å². The predicted molar refractivity (Wildman–Crippen MR) is 76.0 cm³/mol. The predicted octanol–water partition coefficient (Wildman–Crippen LogP) is 4.48. The van der Waals surface area contributed by atoms with Crippen LogP contribution in [0.1, 0.15) is 11.3 Å². The molecule has 18 heavy (non-hydrogen) atoms. The number of hydrogen-bond acceptors (Lipinski definition) is 1. The number of pyridine rings is 1. The SMILES string of the molecule is Clc1ccc(Cc2nccc3ccccc23)cc1. The van der Waals surface area contributed by atoms with Gasteiger partial charge in [-0.25, -0.2) is 0 Å². The molecule has 1 heterocycles. The quantitative estimate of drug-likeness (QED) is 0.656. The molecule has 0 fully saturated rings.